The molecule has 1 N–H and O–H groups in total. The third kappa shape index (κ3) is 8.23. The summed E-state index contributed by atoms with van der Waals surface area (Å²) in [5.74, 6) is 1.10. The highest BCUT2D eigenvalue weighted by Crippen LogP contribution is 2.40. The minimum atomic E-state index is -0.454. The van der Waals surface area contributed by atoms with Crippen LogP contribution in [0.1, 0.15) is 65.5 Å². The Hall–Kier alpha value is -3.78. The highest BCUT2D eigenvalue weighted by atomic mass is 35.5. The van der Waals surface area contributed by atoms with Crippen LogP contribution < -0.4 is 0 Å². The normalized spacial score (nSPS) is 19.5. The monoisotopic (exact) mass is 622 g/mol. The first-order valence-electron chi connectivity index (χ1n) is 15.4. The number of ether oxygens (including phenoxy) is 1. The smallest absolute Gasteiger partial charge is 0.326 e. The van der Waals surface area contributed by atoms with Gasteiger partial charge >= 0.3 is 6.03 Å². The second kappa shape index (κ2) is 16.3. The maximum Gasteiger partial charge on any atom is 0.326 e. The molecule has 1 aromatic rings. The minimum Gasteiger partial charge on any atom is -0.508 e. The zero-order chi connectivity index (χ0) is 32.4. The number of urea groups is 1. The number of amides is 3. The molecule has 1 aromatic carbocycles. The number of aliphatic imine (C=N–C) groups is 1. The molecule has 0 saturated carbocycles. The van der Waals surface area contributed by atoms with Gasteiger partial charge in [0.25, 0.3) is 0 Å². The molecule has 0 bridgehead atoms. The Morgan fingerprint density at radius 3 is 2.48 bits per heavy atom. The molecule has 3 rings (SSSR count). The predicted molar refractivity (Wildman–Crippen MR) is 179 cm³/mol. The lowest BCUT2D eigenvalue weighted by molar-refractivity contribution is -0.124. The number of aromatic hydroxyl groups is 1. The zero-order valence-corrected chi connectivity index (χ0v) is 27.8. The van der Waals surface area contributed by atoms with E-state index in [9.17, 15) is 14.7 Å². The van der Waals surface area contributed by atoms with Gasteiger partial charge in [-0.1, -0.05) is 48.9 Å². The van der Waals surface area contributed by atoms with Crippen LogP contribution in [0.2, 0.25) is 0 Å². The Morgan fingerprint density at radius 1 is 1.18 bits per heavy atom. The second-order valence-electron chi connectivity index (χ2n) is 11.1. The van der Waals surface area contributed by atoms with Crippen LogP contribution in [0, 0.1) is 0 Å². The highest BCUT2D eigenvalue weighted by Gasteiger charge is 2.45. The van der Waals surface area contributed by atoms with Gasteiger partial charge in [0.05, 0.1) is 23.6 Å². The summed E-state index contributed by atoms with van der Waals surface area (Å²) < 4.78 is 6.12. The molecule has 0 spiro atoms. The van der Waals surface area contributed by atoms with Gasteiger partial charge in [-0.15, -0.1) is 11.6 Å². The average Bonchev–Trinajstić information content (AvgIpc) is 3.28. The van der Waals surface area contributed by atoms with Crippen LogP contribution in [0.3, 0.4) is 0 Å². The number of allylic oxidation sites excluding steroid dienone is 6. The van der Waals surface area contributed by atoms with E-state index in [4.69, 9.17) is 21.3 Å². The molecule has 0 saturated heterocycles. The van der Waals surface area contributed by atoms with E-state index in [0.29, 0.717) is 55.3 Å². The summed E-state index contributed by atoms with van der Waals surface area (Å²) in [5, 5.41) is 9.87. The molecular formula is C35H47ClN4O4. The molecule has 238 valence electrons. The summed E-state index contributed by atoms with van der Waals surface area (Å²) in [6.07, 6.45) is 13.2. The molecule has 1 heterocycles. The van der Waals surface area contributed by atoms with Crippen LogP contribution in [0.5, 0.6) is 5.75 Å². The Bertz CT molecular complexity index is 1360. The number of phenols is 1. The Labute approximate surface area is 267 Å². The van der Waals surface area contributed by atoms with E-state index in [-0.39, 0.29) is 23.1 Å². The third-order valence-electron chi connectivity index (χ3n) is 7.64. The number of hydrogen-bond acceptors (Lipinski definition) is 5. The van der Waals surface area contributed by atoms with Gasteiger partial charge in [-0.2, -0.15) is 0 Å². The number of benzene rings is 1. The average molecular weight is 623 g/mol. The highest BCUT2D eigenvalue weighted by molar-refractivity contribution is 6.21. The summed E-state index contributed by atoms with van der Waals surface area (Å²) in [7, 11) is 3.45. The first kappa shape index (κ1) is 34.7. The van der Waals surface area contributed by atoms with Gasteiger partial charge in [0.15, 0.2) is 0 Å². The summed E-state index contributed by atoms with van der Waals surface area (Å²) in [6, 6.07) is 5.91. The maximum atomic E-state index is 14.5. The predicted octanol–water partition coefficient (Wildman–Crippen LogP) is 7.15. The molecule has 44 heavy (non-hydrogen) atoms. The van der Waals surface area contributed by atoms with Gasteiger partial charge in [0, 0.05) is 32.8 Å². The van der Waals surface area contributed by atoms with Crippen molar-refractivity contribution in [2.24, 2.45) is 4.99 Å². The van der Waals surface area contributed by atoms with Crippen molar-refractivity contribution in [2.75, 3.05) is 33.8 Å². The zero-order valence-electron chi connectivity index (χ0n) is 27.1. The number of phenolic OH excluding ortho intramolecular Hbond substituents is 1. The van der Waals surface area contributed by atoms with Crippen molar-refractivity contribution >= 4 is 29.4 Å². The number of alkyl halides is 1. The molecule has 3 amide bonds. The molecule has 1 aliphatic carbocycles. The quantitative estimate of drug-likeness (QED) is 0.198. The molecule has 1 aliphatic heterocycles. The van der Waals surface area contributed by atoms with E-state index in [1.54, 1.807) is 48.2 Å². The number of nitrogens with zero attached hydrogens (tertiary/aromatic N) is 4. The lowest BCUT2D eigenvalue weighted by atomic mass is 9.93. The van der Waals surface area contributed by atoms with Crippen LogP contribution in [0.25, 0.3) is 0 Å². The van der Waals surface area contributed by atoms with Gasteiger partial charge in [0.2, 0.25) is 5.91 Å². The maximum absolute atomic E-state index is 14.5. The van der Waals surface area contributed by atoms with Crippen molar-refractivity contribution in [2.45, 2.75) is 71.3 Å². The fourth-order valence-corrected chi connectivity index (χ4v) is 5.66. The Kier molecular flexibility index (Phi) is 12.9. The van der Waals surface area contributed by atoms with Crippen LogP contribution in [0.15, 0.2) is 88.2 Å². The van der Waals surface area contributed by atoms with E-state index < -0.39 is 12.1 Å². The van der Waals surface area contributed by atoms with Gasteiger partial charge in [0.1, 0.15) is 23.4 Å². The van der Waals surface area contributed by atoms with Crippen molar-refractivity contribution in [1.82, 2.24) is 14.7 Å². The largest absolute Gasteiger partial charge is 0.508 e. The van der Waals surface area contributed by atoms with Crippen molar-refractivity contribution in [1.29, 1.82) is 0 Å². The number of amidine groups is 1. The summed E-state index contributed by atoms with van der Waals surface area (Å²) >= 11 is 6.55. The van der Waals surface area contributed by atoms with E-state index >= 15 is 0 Å². The van der Waals surface area contributed by atoms with Crippen LogP contribution in [0.4, 0.5) is 4.79 Å². The number of halogens is 1. The first-order valence-corrected chi connectivity index (χ1v) is 15.9. The number of carbonyl (C=O) groups excluding carboxylic acids is 2. The van der Waals surface area contributed by atoms with E-state index in [1.807, 2.05) is 63.0 Å². The topological polar surface area (TPSA) is 85.7 Å². The summed E-state index contributed by atoms with van der Waals surface area (Å²) in [6.45, 7) is 11.4. The molecule has 0 radical (unpaired) electrons. The van der Waals surface area contributed by atoms with Gasteiger partial charge in [-0.05, 0) is 76.8 Å². The molecule has 3 atom stereocenters. The fraction of sp³-hybridized carbons (Fsp3) is 0.457. The Morgan fingerprint density at radius 2 is 1.89 bits per heavy atom. The molecule has 2 aliphatic rings. The van der Waals surface area contributed by atoms with Gasteiger partial charge < -0.3 is 19.6 Å². The third-order valence-corrected chi connectivity index (χ3v) is 7.96. The summed E-state index contributed by atoms with van der Waals surface area (Å²) in [4.78, 5) is 37.9. The molecule has 9 heteroatoms. The van der Waals surface area contributed by atoms with E-state index in [1.165, 1.54) is 0 Å². The van der Waals surface area contributed by atoms with Crippen LogP contribution >= 0.6 is 11.6 Å². The lowest BCUT2D eigenvalue weighted by Crippen LogP contribution is -2.50. The number of hydrogen-bond donors (Lipinski definition) is 1. The lowest BCUT2D eigenvalue weighted by Gasteiger charge is -2.35. The van der Waals surface area contributed by atoms with Crippen molar-refractivity contribution in [3.8, 4) is 5.75 Å². The molecule has 8 nitrogen and oxygen atoms in total. The van der Waals surface area contributed by atoms with Crippen molar-refractivity contribution in [3.63, 3.8) is 0 Å². The number of likely N-dealkylation sites (N-methyl/N-ethyl adjacent to an activating group) is 1. The van der Waals surface area contributed by atoms with Crippen molar-refractivity contribution < 1.29 is 19.4 Å². The fourth-order valence-electron chi connectivity index (χ4n) is 5.42. The standard InChI is InChI=1S/C35H47ClN4O4/c1-8-12-27(36)18-13-24(5)32-31(25-14-19-28(41)20-15-25)37-33(40(32)35(43)39(10-3)23-9-2)29-21-16-26(34(42)38(6)7)17-22-30(29)44-11-4/h8,12-15,17,19-22,27,31-32,41H,9-11,16,18,23H2,1-7H3/b12-8-,24-13+. The molecule has 0 aromatic heterocycles. The van der Waals surface area contributed by atoms with Gasteiger partial charge in [-0.25, -0.2) is 4.79 Å². The van der Waals surface area contributed by atoms with Crippen LogP contribution in [-0.2, 0) is 9.53 Å². The van der Waals surface area contributed by atoms with Crippen LogP contribution in [-0.4, -0.2) is 82.8 Å². The number of carbonyl (C=O) groups is 2. The second-order valence-corrected chi connectivity index (χ2v) is 11.6. The SMILES string of the molecule is C/C=C\C(Cl)C/C=C(\C)C1C(c2ccc(O)cc2)N=C(C2=CCC(C(=O)N(C)C)=CC=C2OCC)N1C(=O)N(CC)CCC. The van der Waals surface area contributed by atoms with E-state index in [2.05, 4.69) is 13.0 Å². The first-order chi connectivity index (χ1) is 21.1. The van der Waals surface area contributed by atoms with E-state index in [0.717, 1.165) is 17.6 Å². The minimum absolute atomic E-state index is 0.0913. The van der Waals surface area contributed by atoms with Crippen molar-refractivity contribution in [3.05, 3.63) is 88.8 Å². The molecule has 3 unspecified atom stereocenters. The summed E-state index contributed by atoms with van der Waals surface area (Å²) in [5.41, 5.74) is 3.09. The molecule has 0 fully saturated rings. The van der Waals surface area contributed by atoms with Gasteiger partial charge in [-0.3, -0.25) is 14.7 Å². The molecular weight excluding hydrogens is 576 g/mol. The number of rotatable bonds is 12. The Balaban J connectivity index is 2.26.